The van der Waals surface area contributed by atoms with Crippen LogP contribution < -0.4 is 5.32 Å². The van der Waals surface area contributed by atoms with Gasteiger partial charge in [0.25, 0.3) is 5.69 Å². The standard InChI is InChI=1S/C14H10Cl2N4O2/c15-9-1-4-14-18-10(8-19(14)7-9)6-17-13-3-2-11(20(21)22)5-12(13)16/h1-5,7-8,17H,6H2. The van der Waals surface area contributed by atoms with Gasteiger partial charge in [0.05, 0.1) is 32.9 Å². The lowest BCUT2D eigenvalue weighted by molar-refractivity contribution is -0.384. The van der Waals surface area contributed by atoms with Gasteiger partial charge in [0.15, 0.2) is 0 Å². The Labute approximate surface area is 135 Å². The van der Waals surface area contributed by atoms with Crippen LogP contribution in [0.4, 0.5) is 11.4 Å². The molecule has 3 aromatic rings. The highest BCUT2D eigenvalue weighted by Gasteiger charge is 2.10. The van der Waals surface area contributed by atoms with Gasteiger partial charge in [-0.15, -0.1) is 0 Å². The average Bonchev–Trinajstić information content (AvgIpc) is 2.87. The van der Waals surface area contributed by atoms with Crippen LogP contribution in [0.3, 0.4) is 0 Å². The largest absolute Gasteiger partial charge is 0.378 e. The van der Waals surface area contributed by atoms with E-state index < -0.39 is 4.92 Å². The zero-order valence-electron chi connectivity index (χ0n) is 11.2. The van der Waals surface area contributed by atoms with Crippen LogP contribution >= 0.6 is 23.2 Å². The van der Waals surface area contributed by atoms with Crippen molar-refractivity contribution < 1.29 is 4.92 Å². The molecule has 0 saturated carbocycles. The molecule has 0 saturated heterocycles. The number of halogens is 2. The van der Waals surface area contributed by atoms with Crippen LogP contribution in [0.5, 0.6) is 0 Å². The monoisotopic (exact) mass is 336 g/mol. The van der Waals surface area contributed by atoms with E-state index in [0.29, 0.717) is 22.3 Å². The number of benzene rings is 1. The fourth-order valence-corrected chi connectivity index (χ4v) is 2.46. The van der Waals surface area contributed by atoms with Gasteiger partial charge >= 0.3 is 0 Å². The van der Waals surface area contributed by atoms with Crippen molar-refractivity contribution in [3.8, 4) is 0 Å². The predicted octanol–water partition coefficient (Wildman–Crippen LogP) is 4.16. The van der Waals surface area contributed by atoms with E-state index in [1.165, 1.54) is 12.1 Å². The third-order valence-electron chi connectivity index (χ3n) is 3.09. The van der Waals surface area contributed by atoms with E-state index in [1.807, 2.05) is 16.7 Å². The van der Waals surface area contributed by atoms with E-state index in [4.69, 9.17) is 23.2 Å². The van der Waals surface area contributed by atoms with Crippen molar-refractivity contribution in [1.82, 2.24) is 9.38 Å². The van der Waals surface area contributed by atoms with Gasteiger partial charge in [0.2, 0.25) is 0 Å². The summed E-state index contributed by atoms with van der Waals surface area (Å²) >= 11 is 12.0. The molecule has 0 aliphatic carbocycles. The zero-order valence-corrected chi connectivity index (χ0v) is 12.7. The molecule has 0 aliphatic rings. The summed E-state index contributed by atoms with van der Waals surface area (Å²) < 4.78 is 1.83. The molecular weight excluding hydrogens is 327 g/mol. The molecule has 2 heterocycles. The molecule has 112 valence electrons. The van der Waals surface area contributed by atoms with Gasteiger partial charge in [-0.05, 0) is 18.2 Å². The first-order valence-electron chi connectivity index (χ1n) is 6.34. The number of nitro groups is 1. The molecule has 1 aromatic carbocycles. The van der Waals surface area contributed by atoms with Gasteiger partial charge in [0, 0.05) is 24.5 Å². The Balaban J connectivity index is 1.77. The number of nitrogens with one attached hydrogen (secondary N) is 1. The summed E-state index contributed by atoms with van der Waals surface area (Å²) in [6.07, 6.45) is 3.62. The van der Waals surface area contributed by atoms with Crippen molar-refractivity contribution in [2.45, 2.75) is 6.54 Å². The summed E-state index contributed by atoms with van der Waals surface area (Å²) in [4.78, 5) is 14.6. The van der Waals surface area contributed by atoms with Crippen LogP contribution in [-0.4, -0.2) is 14.3 Å². The molecule has 0 atom stereocenters. The van der Waals surface area contributed by atoms with Gasteiger partial charge in [-0.1, -0.05) is 23.2 Å². The van der Waals surface area contributed by atoms with Gasteiger partial charge in [-0.3, -0.25) is 10.1 Å². The minimum absolute atomic E-state index is 0.0436. The molecule has 22 heavy (non-hydrogen) atoms. The summed E-state index contributed by atoms with van der Waals surface area (Å²) in [5.74, 6) is 0. The van der Waals surface area contributed by atoms with E-state index in [2.05, 4.69) is 10.3 Å². The number of non-ortho nitro benzene ring substituents is 1. The lowest BCUT2D eigenvalue weighted by atomic mass is 10.3. The van der Waals surface area contributed by atoms with E-state index >= 15 is 0 Å². The van der Waals surface area contributed by atoms with Crippen molar-refractivity contribution in [2.24, 2.45) is 0 Å². The van der Waals surface area contributed by atoms with Crippen molar-refractivity contribution >= 4 is 40.2 Å². The molecule has 6 nitrogen and oxygen atoms in total. The number of rotatable bonds is 4. The van der Waals surface area contributed by atoms with Crippen LogP contribution in [0.15, 0.2) is 42.7 Å². The number of hydrogen-bond acceptors (Lipinski definition) is 4. The maximum absolute atomic E-state index is 10.7. The normalized spacial score (nSPS) is 10.8. The van der Waals surface area contributed by atoms with Crippen molar-refractivity contribution in [2.75, 3.05) is 5.32 Å². The number of fused-ring (bicyclic) bond motifs is 1. The number of anilines is 1. The molecular formula is C14H10Cl2N4O2. The Morgan fingerprint density at radius 1 is 1.23 bits per heavy atom. The molecule has 0 bridgehead atoms. The summed E-state index contributed by atoms with van der Waals surface area (Å²) in [5, 5.41) is 14.7. The van der Waals surface area contributed by atoms with Crippen LogP contribution in [0, 0.1) is 10.1 Å². The number of nitrogens with zero attached hydrogens (tertiary/aromatic N) is 3. The fourth-order valence-electron chi connectivity index (χ4n) is 2.05. The molecule has 0 radical (unpaired) electrons. The Hall–Kier alpha value is -2.31. The molecule has 8 heteroatoms. The predicted molar refractivity (Wildman–Crippen MR) is 85.6 cm³/mol. The molecule has 0 fully saturated rings. The molecule has 3 rings (SSSR count). The number of imidazole rings is 1. The lowest BCUT2D eigenvalue weighted by Crippen LogP contribution is -2.00. The van der Waals surface area contributed by atoms with Crippen molar-refractivity contribution in [1.29, 1.82) is 0 Å². The SMILES string of the molecule is O=[N+]([O-])c1ccc(NCc2cn3cc(Cl)ccc3n2)c(Cl)c1. The molecule has 2 aromatic heterocycles. The average molecular weight is 337 g/mol. The first-order valence-corrected chi connectivity index (χ1v) is 7.09. The highest BCUT2D eigenvalue weighted by molar-refractivity contribution is 6.33. The molecule has 0 unspecified atom stereocenters. The Kier molecular flexibility index (Phi) is 3.87. The summed E-state index contributed by atoms with van der Waals surface area (Å²) in [7, 11) is 0. The number of nitro benzene ring substituents is 1. The third kappa shape index (κ3) is 2.98. The maximum Gasteiger partial charge on any atom is 0.271 e. The second-order valence-electron chi connectivity index (χ2n) is 4.62. The number of hydrogen-bond donors (Lipinski definition) is 1. The van der Waals surface area contributed by atoms with E-state index in [9.17, 15) is 10.1 Å². The maximum atomic E-state index is 10.7. The fraction of sp³-hybridized carbons (Fsp3) is 0.0714. The van der Waals surface area contributed by atoms with E-state index in [1.54, 1.807) is 18.3 Å². The van der Waals surface area contributed by atoms with Crippen molar-refractivity contribution in [3.05, 3.63) is 68.6 Å². The third-order valence-corrected chi connectivity index (χ3v) is 3.62. The summed E-state index contributed by atoms with van der Waals surface area (Å²) in [6.45, 7) is 0.441. The highest BCUT2D eigenvalue weighted by atomic mass is 35.5. The second-order valence-corrected chi connectivity index (χ2v) is 5.46. The van der Waals surface area contributed by atoms with Crippen LogP contribution in [-0.2, 0) is 6.54 Å². The second kappa shape index (κ2) is 5.82. The molecule has 0 amide bonds. The minimum atomic E-state index is -0.485. The molecule has 0 spiro atoms. The van der Waals surface area contributed by atoms with Gasteiger partial charge in [-0.25, -0.2) is 4.98 Å². The number of aromatic nitrogens is 2. The van der Waals surface area contributed by atoms with Crippen LogP contribution in [0.25, 0.3) is 5.65 Å². The topological polar surface area (TPSA) is 72.5 Å². The molecule has 0 aliphatic heterocycles. The van der Waals surface area contributed by atoms with Gasteiger partial charge in [-0.2, -0.15) is 0 Å². The van der Waals surface area contributed by atoms with E-state index in [-0.39, 0.29) is 5.69 Å². The van der Waals surface area contributed by atoms with Gasteiger partial charge in [0.1, 0.15) is 5.65 Å². The first kappa shape index (κ1) is 14.6. The summed E-state index contributed by atoms with van der Waals surface area (Å²) in [6, 6.07) is 7.89. The zero-order chi connectivity index (χ0) is 15.7. The molecule has 1 N–H and O–H groups in total. The van der Waals surface area contributed by atoms with E-state index in [0.717, 1.165) is 11.3 Å². The van der Waals surface area contributed by atoms with Gasteiger partial charge < -0.3 is 9.72 Å². The number of pyridine rings is 1. The summed E-state index contributed by atoms with van der Waals surface area (Å²) in [5.41, 5.74) is 2.16. The Morgan fingerprint density at radius 2 is 2.05 bits per heavy atom. The highest BCUT2D eigenvalue weighted by Crippen LogP contribution is 2.27. The van der Waals surface area contributed by atoms with Crippen LogP contribution in [0.2, 0.25) is 10.0 Å². The van der Waals surface area contributed by atoms with Crippen LogP contribution in [0.1, 0.15) is 5.69 Å². The minimum Gasteiger partial charge on any atom is -0.378 e. The Bertz CT molecular complexity index is 863. The Morgan fingerprint density at radius 3 is 2.77 bits per heavy atom. The van der Waals surface area contributed by atoms with Crippen molar-refractivity contribution in [3.63, 3.8) is 0 Å². The lowest BCUT2D eigenvalue weighted by Gasteiger charge is -2.06. The first-order chi connectivity index (χ1) is 10.5. The quantitative estimate of drug-likeness (QED) is 0.573. The smallest absolute Gasteiger partial charge is 0.271 e.